The molecule has 0 aromatic rings. The molecule has 1 rings (SSSR count). The van der Waals surface area contributed by atoms with E-state index in [1.54, 1.807) is 0 Å². The van der Waals surface area contributed by atoms with Crippen molar-refractivity contribution < 1.29 is 19.4 Å². The third-order valence-electron chi connectivity index (χ3n) is 2.40. The van der Waals surface area contributed by atoms with Gasteiger partial charge in [0.2, 0.25) is 0 Å². The second-order valence-corrected chi connectivity index (χ2v) is 3.51. The molecule has 1 saturated heterocycles. The number of esters is 1. The zero-order valence-electron chi connectivity index (χ0n) is 8.37. The van der Waals surface area contributed by atoms with Crippen LogP contribution in [0.2, 0.25) is 0 Å². The van der Waals surface area contributed by atoms with Crippen LogP contribution in [0.5, 0.6) is 0 Å². The maximum absolute atomic E-state index is 10.9. The predicted molar refractivity (Wildman–Crippen MR) is 49.7 cm³/mol. The molecule has 1 unspecified atom stereocenters. The van der Waals surface area contributed by atoms with Crippen molar-refractivity contribution in [2.75, 3.05) is 0 Å². The number of carbonyl (C=O) groups is 2. The Morgan fingerprint density at radius 2 is 2.21 bits per heavy atom. The lowest BCUT2D eigenvalue weighted by Crippen LogP contribution is -2.04. The molecular formula is C10H14O4. The fourth-order valence-electron chi connectivity index (χ4n) is 1.56. The first-order chi connectivity index (χ1) is 6.50. The molecule has 0 bridgehead atoms. The Labute approximate surface area is 82.6 Å². The first kappa shape index (κ1) is 10.8. The maximum Gasteiger partial charge on any atom is 0.310 e. The molecule has 14 heavy (non-hydrogen) atoms. The smallest absolute Gasteiger partial charge is 0.310 e. The van der Waals surface area contributed by atoms with Crippen molar-refractivity contribution in [1.29, 1.82) is 0 Å². The Morgan fingerprint density at radius 3 is 2.64 bits per heavy atom. The quantitative estimate of drug-likeness (QED) is 0.551. The van der Waals surface area contributed by atoms with E-state index in [1.807, 2.05) is 13.8 Å². The Morgan fingerprint density at radius 1 is 1.57 bits per heavy atom. The van der Waals surface area contributed by atoms with E-state index >= 15 is 0 Å². The fraction of sp³-hybridized carbons (Fsp3) is 0.600. The van der Waals surface area contributed by atoms with E-state index in [4.69, 9.17) is 9.84 Å². The van der Waals surface area contributed by atoms with Crippen LogP contribution in [-0.4, -0.2) is 23.1 Å². The first-order valence-electron chi connectivity index (χ1n) is 4.60. The standard InChI is InChI=1S/C10H14O4/c1-6(3-4-9(11)12)8-5-10(13)14-7(8)2/h7H,3-5H2,1-2H3,(H,11,12)/b8-6-. The number of hydrogen-bond donors (Lipinski definition) is 1. The van der Waals surface area contributed by atoms with Gasteiger partial charge in [0, 0.05) is 6.42 Å². The van der Waals surface area contributed by atoms with Crippen molar-refractivity contribution in [2.45, 2.75) is 39.2 Å². The fourth-order valence-corrected chi connectivity index (χ4v) is 1.56. The van der Waals surface area contributed by atoms with Crippen LogP contribution in [0.3, 0.4) is 0 Å². The van der Waals surface area contributed by atoms with E-state index < -0.39 is 5.97 Å². The molecule has 1 heterocycles. The lowest BCUT2D eigenvalue weighted by atomic mass is 10.0. The lowest BCUT2D eigenvalue weighted by Gasteiger charge is -2.07. The molecule has 4 nitrogen and oxygen atoms in total. The third kappa shape index (κ3) is 2.58. The Bertz CT molecular complexity index is 290. The molecule has 0 aromatic heterocycles. The van der Waals surface area contributed by atoms with Crippen LogP contribution in [0.4, 0.5) is 0 Å². The number of carboxylic acids is 1. The van der Waals surface area contributed by atoms with Crippen LogP contribution in [-0.2, 0) is 14.3 Å². The number of hydrogen-bond acceptors (Lipinski definition) is 3. The van der Waals surface area contributed by atoms with Crippen LogP contribution in [0.25, 0.3) is 0 Å². The molecule has 0 spiro atoms. The number of aliphatic carboxylic acids is 1. The van der Waals surface area contributed by atoms with E-state index in [0.717, 1.165) is 11.1 Å². The highest BCUT2D eigenvalue weighted by Crippen LogP contribution is 2.26. The summed E-state index contributed by atoms with van der Waals surface area (Å²) in [5.74, 6) is -1.04. The molecule has 0 aliphatic carbocycles. The minimum absolute atomic E-state index is 0.107. The number of allylic oxidation sites excluding steroid dienone is 1. The normalized spacial score (nSPS) is 24.7. The summed E-state index contributed by atoms with van der Waals surface area (Å²) in [4.78, 5) is 21.3. The molecule has 1 aliphatic heterocycles. The number of cyclic esters (lactones) is 1. The summed E-state index contributed by atoms with van der Waals surface area (Å²) >= 11 is 0. The van der Waals surface area contributed by atoms with Crippen molar-refractivity contribution in [1.82, 2.24) is 0 Å². The minimum atomic E-state index is -0.817. The predicted octanol–water partition coefficient (Wildman–Crippen LogP) is 1.50. The SMILES string of the molecule is C/C(CCC(=O)O)=C1\CC(=O)OC1C. The van der Waals surface area contributed by atoms with Crippen LogP contribution in [0, 0.1) is 0 Å². The summed E-state index contributed by atoms with van der Waals surface area (Å²) < 4.78 is 4.96. The monoisotopic (exact) mass is 198 g/mol. The second-order valence-electron chi connectivity index (χ2n) is 3.51. The lowest BCUT2D eigenvalue weighted by molar-refractivity contribution is -0.141. The highest BCUT2D eigenvalue weighted by atomic mass is 16.5. The highest BCUT2D eigenvalue weighted by Gasteiger charge is 2.26. The van der Waals surface area contributed by atoms with Gasteiger partial charge in [0.05, 0.1) is 6.42 Å². The van der Waals surface area contributed by atoms with E-state index in [0.29, 0.717) is 12.8 Å². The summed E-state index contributed by atoms with van der Waals surface area (Å²) in [5.41, 5.74) is 1.90. The van der Waals surface area contributed by atoms with E-state index in [-0.39, 0.29) is 18.5 Å². The maximum atomic E-state index is 10.9. The first-order valence-corrected chi connectivity index (χ1v) is 4.60. The summed E-state index contributed by atoms with van der Waals surface area (Å²) in [5, 5.41) is 8.50. The van der Waals surface area contributed by atoms with Gasteiger partial charge >= 0.3 is 11.9 Å². The second kappa shape index (κ2) is 4.26. The van der Waals surface area contributed by atoms with E-state index in [2.05, 4.69) is 0 Å². The number of ether oxygens (including phenoxy) is 1. The molecule has 0 amide bonds. The van der Waals surface area contributed by atoms with Gasteiger partial charge in [-0.2, -0.15) is 0 Å². The molecule has 0 radical (unpaired) electrons. The molecule has 1 atom stereocenters. The van der Waals surface area contributed by atoms with Crippen molar-refractivity contribution in [2.24, 2.45) is 0 Å². The van der Waals surface area contributed by atoms with Gasteiger partial charge in [0.25, 0.3) is 0 Å². The molecule has 1 fully saturated rings. The summed E-state index contributed by atoms with van der Waals surface area (Å²) in [6.07, 6.45) is 0.727. The van der Waals surface area contributed by atoms with Gasteiger partial charge < -0.3 is 9.84 Å². The van der Waals surface area contributed by atoms with Gasteiger partial charge in [-0.1, -0.05) is 5.57 Å². The average molecular weight is 198 g/mol. The number of carbonyl (C=O) groups excluding carboxylic acids is 1. The third-order valence-corrected chi connectivity index (χ3v) is 2.40. The van der Waals surface area contributed by atoms with Gasteiger partial charge in [-0.3, -0.25) is 9.59 Å². The van der Waals surface area contributed by atoms with Crippen LogP contribution >= 0.6 is 0 Å². The summed E-state index contributed by atoms with van der Waals surface area (Å²) in [6, 6.07) is 0. The molecule has 78 valence electrons. The van der Waals surface area contributed by atoms with Crippen LogP contribution in [0.15, 0.2) is 11.1 Å². The van der Waals surface area contributed by atoms with Gasteiger partial charge in [0.15, 0.2) is 0 Å². The topological polar surface area (TPSA) is 63.6 Å². The van der Waals surface area contributed by atoms with E-state index in [9.17, 15) is 9.59 Å². The van der Waals surface area contributed by atoms with Crippen molar-refractivity contribution in [3.63, 3.8) is 0 Å². The number of carboxylic acid groups (broad SMARTS) is 1. The molecule has 0 saturated carbocycles. The zero-order valence-corrected chi connectivity index (χ0v) is 8.37. The largest absolute Gasteiger partial charge is 0.481 e. The van der Waals surface area contributed by atoms with Gasteiger partial charge in [0.1, 0.15) is 6.10 Å². The van der Waals surface area contributed by atoms with Crippen molar-refractivity contribution in [3.05, 3.63) is 11.1 Å². The van der Waals surface area contributed by atoms with Crippen LogP contribution in [0.1, 0.15) is 33.1 Å². The Kier molecular flexibility index (Phi) is 3.28. The zero-order chi connectivity index (χ0) is 10.7. The molecule has 4 heteroatoms. The average Bonchev–Trinajstić information content (AvgIpc) is 2.41. The van der Waals surface area contributed by atoms with Crippen molar-refractivity contribution in [3.8, 4) is 0 Å². The van der Waals surface area contributed by atoms with Gasteiger partial charge in [-0.15, -0.1) is 0 Å². The molecular weight excluding hydrogens is 184 g/mol. The minimum Gasteiger partial charge on any atom is -0.481 e. The van der Waals surface area contributed by atoms with Gasteiger partial charge in [-0.05, 0) is 25.8 Å². The van der Waals surface area contributed by atoms with E-state index in [1.165, 1.54) is 0 Å². The van der Waals surface area contributed by atoms with Crippen LogP contribution < -0.4 is 0 Å². The van der Waals surface area contributed by atoms with Crippen molar-refractivity contribution >= 4 is 11.9 Å². The number of rotatable bonds is 3. The summed E-state index contributed by atoms with van der Waals surface area (Å²) in [6.45, 7) is 3.67. The Balaban J connectivity index is 2.63. The summed E-state index contributed by atoms with van der Waals surface area (Å²) in [7, 11) is 0. The van der Waals surface area contributed by atoms with Gasteiger partial charge in [-0.25, -0.2) is 0 Å². The Hall–Kier alpha value is -1.32. The molecule has 1 N–H and O–H groups in total. The molecule has 1 aliphatic rings. The highest BCUT2D eigenvalue weighted by molar-refractivity contribution is 5.76. The molecule has 0 aromatic carbocycles.